The van der Waals surface area contributed by atoms with Gasteiger partial charge in [-0.2, -0.15) is 0 Å². The lowest BCUT2D eigenvalue weighted by Gasteiger charge is -2.17. The van der Waals surface area contributed by atoms with E-state index >= 15 is 0 Å². The third kappa shape index (κ3) is 3.31. The van der Waals surface area contributed by atoms with Crippen LogP contribution in [-0.2, 0) is 11.2 Å². The first kappa shape index (κ1) is 13.4. The SMILES string of the molecule is O=C1OC[C@@H](Cc2ccccc2)N1/C=C/c1ccccc1. The van der Waals surface area contributed by atoms with E-state index in [0.717, 1.165) is 12.0 Å². The lowest BCUT2D eigenvalue weighted by Crippen LogP contribution is -2.30. The van der Waals surface area contributed by atoms with Crippen LogP contribution >= 0.6 is 0 Å². The molecule has 106 valence electrons. The zero-order valence-electron chi connectivity index (χ0n) is 11.7. The second-order valence-corrected chi connectivity index (χ2v) is 5.05. The lowest BCUT2D eigenvalue weighted by molar-refractivity contribution is 0.166. The molecule has 0 aliphatic carbocycles. The van der Waals surface area contributed by atoms with Crippen LogP contribution < -0.4 is 0 Å². The molecule has 0 saturated carbocycles. The van der Waals surface area contributed by atoms with Gasteiger partial charge in [-0.3, -0.25) is 4.90 Å². The largest absolute Gasteiger partial charge is 0.447 e. The Labute approximate surface area is 124 Å². The number of cyclic esters (lactones) is 1. The quantitative estimate of drug-likeness (QED) is 0.853. The minimum atomic E-state index is -0.275. The standard InChI is InChI=1S/C18H17NO2/c20-18-19(12-11-15-7-3-1-4-8-15)17(14-21-18)13-16-9-5-2-6-10-16/h1-12,17H,13-14H2/b12-11+/t17-/m1/s1. The van der Waals surface area contributed by atoms with E-state index in [4.69, 9.17) is 4.74 Å². The van der Waals surface area contributed by atoms with E-state index in [2.05, 4.69) is 12.1 Å². The molecule has 0 aromatic heterocycles. The Balaban J connectivity index is 1.72. The van der Waals surface area contributed by atoms with Crippen molar-refractivity contribution >= 4 is 12.2 Å². The first-order valence-corrected chi connectivity index (χ1v) is 7.05. The third-order valence-electron chi connectivity index (χ3n) is 3.54. The van der Waals surface area contributed by atoms with Crippen LogP contribution in [0.15, 0.2) is 66.9 Å². The Morgan fingerprint density at radius 3 is 2.43 bits per heavy atom. The predicted octanol–water partition coefficient (Wildman–Crippen LogP) is 3.72. The van der Waals surface area contributed by atoms with Gasteiger partial charge in [0.15, 0.2) is 0 Å². The average Bonchev–Trinajstić information content (AvgIpc) is 2.87. The van der Waals surface area contributed by atoms with Crippen molar-refractivity contribution < 1.29 is 9.53 Å². The summed E-state index contributed by atoms with van der Waals surface area (Å²) in [6.07, 6.45) is 4.28. The fourth-order valence-corrected chi connectivity index (χ4v) is 2.43. The molecule has 0 unspecified atom stereocenters. The van der Waals surface area contributed by atoms with Crippen LogP contribution in [0.2, 0.25) is 0 Å². The van der Waals surface area contributed by atoms with Crippen LogP contribution in [0.1, 0.15) is 11.1 Å². The number of ether oxygens (including phenoxy) is 1. The summed E-state index contributed by atoms with van der Waals surface area (Å²) < 4.78 is 5.17. The number of nitrogens with zero attached hydrogens (tertiary/aromatic N) is 1. The molecule has 3 heteroatoms. The van der Waals surface area contributed by atoms with Crippen molar-refractivity contribution in [3.63, 3.8) is 0 Å². The molecule has 0 bridgehead atoms. The van der Waals surface area contributed by atoms with E-state index in [-0.39, 0.29) is 12.1 Å². The van der Waals surface area contributed by atoms with Gasteiger partial charge in [0.05, 0.1) is 6.04 Å². The number of carbonyl (C=O) groups is 1. The summed E-state index contributed by atoms with van der Waals surface area (Å²) in [5, 5.41) is 0. The Hall–Kier alpha value is -2.55. The number of hydrogen-bond donors (Lipinski definition) is 0. The van der Waals surface area contributed by atoms with Crippen LogP contribution in [0, 0.1) is 0 Å². The Morgan fingerprint density at radius 2 is 1.71 bits per heavy atom. The minimum Gasteiger partial charge on any atom is -0.447 e. The highest BCUT2D eigenvalue weighted by Crippen LogP contribution is 2.18. The fourth-order valence-electron chi connectivity index (χ4n) is 2.43. The van der Waals surface area contributed by atoms with E-state index in [9.17, 15) is 4.79 Å². The molecule has 1 atom stereocenters. The zero-order chi connectivity index (χ0) is 14.5. The molecule has 0 spiro atoms. The van der Waals surface area contributed by atoms with Gasteiger partial charge in [-0.25, -0.2) is 4.79 Å². The maximum atomic E-state index is 11.8. The third-order valence-corrected chi connectivity index (χ3v) is 3.54. The zero-order valence-corrected chi connectivity index (χ0v) is 11.7. The summed E-state index contributed by atoms with van der Waals surface area (Å²) in [4.78, 5) is 13.5. The van der Waals surface area contributed by atoms with E-state index in [1.165, 1.54) is 5.56 Å². The van der Waals surface area contributed by atoms with Crippen molar-refractivity contribution in [2.75, 3.05) is 6.61 Å². The summed E-state index contributed by atoms with van der Waals surface area (Å²) in [6.45, 7) is 0.437. The van der Waals surface area contributed by atoms with E-state index in [1.807, 2.05) is 60.8 Å². The van der Waals surface area contributed by atoms with E-state index in [0.29, 0.717) is 6.61 Å². The molecule has 1 heterocycles. The minimum absolute atomic E-state index is 0.0554. The highest BCUT2D eigenvalue weighted by molar-refractivity contribution is 5.72. The van der Waals surface area contributed by atoms with Gasteiger partial charge in [-0.15, -0.1) is 0 Å². The molecular weight excluding hydrogens is 262 g/mol. The highest BCUT2D eigenvalue weighted by Gasteiger charge is 2.31. The van der Waals surface area contributed by atoms with Crippen molar-refractivity contribution in [3.8, 4) is 0 Å². The van der Waals surface area contributed by atoms with Gasteiger partial charge in [-0.1, -0.05) is 60.7 Å². The first-order valence-electron chi connectivity index (χ1n) is 7.05. The smallest absolute Gasteiger partial charge is 0.414 e. The second-order valence-electron chi connectivity index (χ2n) is 5.05. The van der Waals surface area contributed by atoms with Crippen LogP contribution in [0.4, 0.5) is 4.79 Å². The molecule has 3 nitrogen and oxygen atoms in total. The van der Waals surface area contributed by atoms with Crippen molar-refractivity contribution in [1.29, 1.82) is 0 Å². The lowest BCUT2D eigenvalue weighted by atomic mass is 10.1. The van der Waals surface area contributed by atoms with Crippen LogP contribution in [-0.4, -0.2) is 23.6 Å². The summed E-state index contributed by atoms with van der Waals surface area (Å²) in [7, 11) is 0. The molecule has 1 amide bonds. The van der Waals surface area contributed by atoms with Gasteiger partial charge in [-0.05, 0) is 23.6 Å². The Morgan fingerprint density at radius 1 is 1.05 bits per heavy atom. The highest BCUT2D eigenvalue weighted by atomic mass is 16.6. The molecular formula is C18H17NO2. The summed E-state index contributed by atoms with van der Waals surface area (Å²) in [6, 6.07) is 20.1. The van der Waals surface area contributed by atoms with Crippen molar-refractivity contribution in [2.24, 2.45) is 0 Å². The molecule has 21 heavy (non-hydrogen) atoms. The van der Waals surface area contributed by atoms with Crippen molar-refractivity contribution in [1.82, 2.24) is 4.90 Å². The summed E-state index contributed by atoms with van der Waals surface area (Å²) in [5.41, 5.74) is 2.27. The maximum absolute atomic E-state index is 11.8. The molecule has 0 N–H and O–H groups in total. The second kappa shape index (κ2) is 6.27. The normalized spacial score (nSPS) is 18.2. The van der Waals surface area contributed by atoms with E-state index < -0.39 is 0 Å². The fraction of sp³-hybridized carbons (Fsp3) is 0.167. The van der Waals surface area contributed by atoms with Crippen molar-refractivity contribution in [3.05, 3.63) is 78.0 Å². The monoisotopic (exact) mass is 279 g/mol. The number of hydrogen-bond acceptors (Lipinski definition) is 2. The van der Waals surface area contributed by atoms with Gasteiger partial charge in [0, 0.05) is 6.20 Å². The van der Waals surface area contributed by atoms with Gasteiger partial charge in [0.2, 0.25) is 0 Å². The molecule has 1 aliphatic heterocycles. The molecule has 2 aromatic rings. The Bertz CT molecular complexity index is 622. The molecule has 1 aliphatic rings. The van der Waals surface area contributed by atoms with Gasteiger partial charge in [0.25, 0.3) is 0 Å². The topological polar surface area (TPSA) is 29.5 Å². The summed E-state index contributed by atoms with van der Waals surface area (Å²) >= 11 is 0. The van der Waals surface area contributed by atoms with Gasteiger partial charge < -0.3 is 4.74 Å². The number of benzene rings is 2. The molecule has 0 radical (unpaired) electrons. The molecule has 3 rings (SSSR count). The first-order chi connectivity index (χ1) is 10.3. The van der Waals surface area contributed by atoms with Gasteiger partial charge >= 0.3 is 6.09 Å². The molecule has 1 saturated heterocycles. The molecule has 2 aromatic carbocycles. The van der Waals surface area contributed by atoms with Crippen LogP contribution in [0.5, 0.6) is 0 Å². The number of amides is 1. The maximum Gasteiger partial charge on any atom is 0.414 e. The summed E-state index contributed by atoms with van der Waals surface area (Å²) in [5.74, 6) is 0. The Kier molecular flexibility index (Phi) is 4.01. The van der Waals surface area contributed by atoms with Gasteiger partial charge in [0.1, 0.15) is 6.61 Å². The van der Waals surface area contributed by atoms with Crippen LogP contribution in [0.3, 0.4) is 0 Å². The number of carbonyl (C=O) groups excluding carboxylic acids is 1. The van der Waals surface area contributed by atoms with Crippen molar-refractivity contribution in [2.45, 2.75) is 12.5 Å². The predicted molar refractivity (Wildman–Crippen MR) is 82.6 cm³/mol. The van der Waals surface area contributed by atoms with Crippen LogP contribution in [0.25, 0.3) is 6.08 Å². The number of rotatable bonds is 4. The molecule has 1 fully saturated rings. The average molecular weight is 279 g/mol. The van der Waals surface area contributed by atoms with E-state index in [1.54, 1.807) is 4.90 Å².